The molecule has 1 aliphatic rings. The predicted octanol–water partition coefficient (Wildman–Crippen LogP) is 3.33. The normalized spacial score (nSPS) is 15.9. The molecule has 0 radical (unpaired) electrons. The minimum absolute atomic E-state index is 0.0000739. The van der Waals surface area contributed by atoms with Crippen molar-refractivity contribution in [2.75, 3.05) is 11.9 Å². The highest BCUT2D eigenvalue weighted by molar-refractivity contribution is 5.91. The monoisotopic (exact) mass is 317 g/mol. The lowest BCUT2D eigenvalue weighted by atomic mass is 10.2. The Morgan fingerprint density at radius 1 is 1.43 bits per heavy atom. The molecular formula is C17H23N3O3. The Morgan fingerprint density at radius 2 is 2.17 bits per heavy atom. The number of anilines is 1. The minimum atomic E-state index is -0.569. The Kier molecular flexibility index (Phi) is 4.26. The Bertz CT molecular complexity index is 704. The van der Waals surface area contributed by atoms with Crippen LogP contribution in [0.5, 0.6) is 0 Å². The maximum atomic E-state index is 12.4. The largest absolute Gasteiger partial charge is 0.440 e. The summed E-state index contributed by atoms with van der Waals surface area (Å²) in [6, 6.07) is 5.24. The Hall–Kier alpha value is -2.08. The second-order valence-electron chi connectivity index (χ2n) is 6.53. The van der Waals surface area contributed by atoms with Crippen LogP contribution in [0.3, 0.4) is 0 Å². The van der Waals surface area contributed by atoms with E-state index in [4.69, 9.17) is 4.42 Å². The maximum absolute atomic E-state index is 12.4. The van der Waals surface area contributed by atoms with Crippen LogP contribution in [-0.4, -0.2) is 39.7 Å². The van der Waals surface area contributed by atoms with Gasteiger partial charge in [0.2, 0.25) is 0 Å². The molecule has 6 nitrogen and oxygen atoms in total. The highest BCUT2D eigenvalue weighted by Gasteiger charge is 2.29. The first-order valence-electron chi connectivity index (χ1n) is 8.10. The summed E-state index contributed by atoms with van der Waals surface area (Å²) in [5.74, 6) is 1.25. The summed E-state index contributed by atoms with van der Waals surface area (Å²) < 4.78 is 5.77. The molecule has 0 saturated heterocycles. The number of amides is 2. The van der Waals surface area contributed by atoms with Crippen molar-refractivity contribution >= 4 is 22.8 Å². The first-order valence-corrected chi connectivity index (χ1v) is 8.10. The molecule has 2 aromatic rings. The number of carbonyl (C=O) groups is 1. The number of benzene rings is 1. The van der Waals surface area contributed by atoms with E-state index < -0.39 is 6.10 Å². The van der Waals surface area contributed by atoms with Crippen LogP contribution in [-0.2, 0) is 0 Å². The second kappa shape index (κ2) is 6.20. The van der Waals surface area contributed by atoms with Gasteiger partial charge in [-0.3, -0.25) is 0 Å². The van der Waals surface area contributed by atoms with Crippen LogP contribution in [0.4, 0.5) is 10.5 Å². The number of aliphatic hydroxyl groups excluding tert-OH is 1. The van der Waals surface area contributed by atoms with Gasteiger partial charge in [-0.1, -0.05) is 0 Å². The van der Waals surface area contributed by atoms with Crippen LogP contribution in [0, 0.1) is 0 Å². The van der Waals surface area contributed by atoms with Crippen LogP contribution in [0.1, 0.15) is 45.4 Å². The number of rotatable bonds is 5. The van der Waals surface area contributed by atoms with Gasteiger partial charge in [-0.15, -0.1) is 0 Å². The molecule has 1 aromatic heterocycles. The van der Waals surface area contributed by atoms with Gasteiger partial charge in [-0.25, -0.2) is 9.78 Å². The van der Waals surface area contributed by atoms with E-state index in [2.05, 4.69) is 10.3 Å². The summed E-state index contributed by atoms with van der Waals surface area (Å²) in [7, 11) is 0. The van der Waals surface area contributed by atoms with Gasteiger partial charge in [-0.05, 0) is 45.7 Å². The van der Waals surface area contributed by atoms with Crippen molar-refractivity contribution in [3.63, 3.8) is 0 Å². The lowest BCUT2D eigenvalue weighted by molar-refractivity contribution is 0.125. The van der Waals surface area contributed by atoms with Gasteiger partial charge >= 0.3 is 6.03 Å². The molecule has 0 spiro atoms. The van der Waals surface area contributed by atoms with Gasteiger partial charge in [0.05, 0.1) is 6.10 Å². The lowest BCUT2D eigenvalue weighted by Gasteiger charge is -2.28. The van der Waals surface area contributed by atoms with E-state index in [0.717, 1.165) is 24.2 Å². The molecule has 6 heteroatoms. The molecule has 23 heavy (non-hydrogen) atoms. The molecular weight excluding hydrogens is 294 g/mol. The van der Waals surface area contributed by atoms with Crippen LogP contribution in [0.2, 0.25) is 0 Å². The molecule has 0 aliphatic heterocycles. The molecule has 1 heterocycles. The third-order valence-electron chi connectivity index (χ3n) is 3.93. The Balaban J connectivity index is 1.75. The minimum Gasteiger partial charge on any atom is -0.440 e. The zero-order valence-corrected chi connectivity index (χ0v) is 13.7. The molecule has 1 aliphatic carbocycles. The maximum Gasteiger partial charge on any atom is 0.322 e. The van der Waals surface area contributed by atoms with E-state index in [-0.39, 0.29) is 12.1 Å². The molecule has 1 unspecified atom stereocenters. The van der Waals surface area contributed by atoms with Crippen LogP contribution >= 0.6 is 0 Å². The molecule has 1 aromatic carbocycles. The van der Waals surface area contributed by atoms with Crippen LogP contribution < -0.4 is 5.32 Å². The van der Waals surface area contributed by atoms with Gasteiger partial charge in [0.1, 0.15) is 5.52 Å². The second-order valence-corrected chi connectivity index (χ2v) is 6.53. The lowest BCUT2D eigenvalue weighted by Crippen LogP contribution is -2.43. The summed E-state index contributed by atoms with van der Waals surface area (Å²) >= 11 is 0. The van der Waals surface area contributed by atoms with Crippen molar-refractivity contribution in [1.82, 2.24) is 9.88 Å². The SMILES string of the molecule is CC(O)CN(C(=O)Nc1ccc2nc(C3CC3)oc2c1)C(C)C. The highest BCUT2D eigenvalue weighted by atomic mass is 16.3. The summed E-state index contributed by atoms with van der Waals surface area (Å²) in [6.45, 7) is 5.80. The number of fused-ring (bicyclic) bond motifs is 1. The Labute approximate surface area is 135 Å². The van der Waals surface area contributed by atoms with E-state index in [1.54, 1.807) is 17.9 Å². The number of urea groups is 1. The number of nitrogens with one attached hydrogen (secondary N) is 1. The van der Waals surface area contributed by atoms with Crippen molar-refractivity contribution in [2.45, 2.75) is 51.7 Å². The molecule has 0 bridgehead atoms. The summed E-state index contributed by atoms with van der Waals surface area (Å²) in [6.07, 6.45) is 1.71. The van der Waals surface area contributed by atoms with E-state index >= 15 is 0 Å². The molecule has 1 saturated carbocycles. The molecule has 1 fully saturated rings. The zero-order valence-electron chi connectivity index (χ0n) is 13.7. The summed E-state index contributed by atoms with van der Waals surface area (Å²) in [5, 5.41) is 12.4. The van der Waals surface area contributed by atoms with Crippen molar-refractivity contribution in [3.8, 4) is 0 Å². The third-order valence-corrected chi connectivity index (χ3v) is 3.93. The van der Waals surface area contributed by atoms with E-state index in [1.165, 1.54) is 0 Å². The highest BCUT2D eigenvalue weighted by Crippen LogP contribution is 2.40. The average Bonchev–Trinajstić information content (AvgIpc) is 3.24. The fourth-order valence-corrected chi connectivity index (χ4v) is 2.53. The van der Waals surface area contributed by atoms with Crippen molar-refractivity contribution in [1.29, 1.82) is 0 Å². The number of hydrogen-bond donors (Lipinski definition) is 2. The van der Waals surface area contributed by atoms with Crippen LogP contribution in [0.25, 0.3) is 11.1 Å². The van der Waals surface area contributed by atoms with Gasteiger partial charge < -0.3 is 19.7 Å². The van der Waals surface area contributed by atoms with Crippen LogP contribution in [0.15, 0.2) is 22.6 Å². The smallest absolute Gasteiger partial charge is 0.322 e. The summed E-state index contributed by atoms with van der Waals surface area (Å²) in [4.78, 5) is 18.5. The number of nitrogens with zero attached hydrogens (tertiary/aromatic N) is 2. The topological polar surface area (TPSA) is 78.6 Å². The predicted molar refractivity (Wildman–Crippen MR) is 88.5 cm³/mol. The molecule has 2 N–H and O–H groups in total. The third kappa shape index (κ3) is 3.64. The van der Waals surface area contributed by atoms with Gasteiger partial charge in [-0.2, -0.15) is 0 Å². The number of carbonyl (C=O) groups excluding carboxylic acids is 1. The van der Waals surface area contributed by atoms with Gasteiger partial charge in [0.15, 0.2) is 11.5 Å². The zero-order chi connectivity index (χ0) is 16.6. The number of hydrogen-bond acceptors (Lipinski definition) is 4. The molecule has 3 rings (SSSR count). The van der Waals surface area contributed by atoms with E-state index in [1.807, 2.05) is 26.0 Å². The number of aromatic nitrogens is 1. The molecule has 2 amide bonds. The summed E-state index contributed by atoms with van der Waals surface area (Å²) in [5.41, 5.74) is 2.17. The number of oxazole rings is 1. The van der Waals surface area contributed by atoms with Crippen molar-refractivity contribution in [3.05, 3.63) is 24.1 Å². The molecule has 124 valence electrons. The van der Waals surface area contributed by atoms with Gasteiger partial charge in [0, 0.05) is 30.3 Å². The quantitative estimate of drug-likeness (QED) is 0.886. The molecule has 1 atom stereocenters. The van der Waals surface area contributed by atoms with Crippen molar-refractivity contribution in [2.24, 2.45) is 0 Å². The fraction of sp³-hybridized carbons (Fsp3) is 0.529. The Morgan fingerprint density at radius 3 is 2.78 bits per heavy atom. The van der Waals surface area contributed by atoms with Crippen molar-refractivity contribution < 1.29 is 14.3 Å². The first kappa shape index (κ1) is 15.8. The van der Waals surface area contributed by atoms with E-state index in [0.29, 0.717) is 23.7 Å². The van der Waals surface area contributed by atoms with Gasteiger partial charge in [0.25, 0.3) is 0 Å². The van der Waals surface area contributed by atoms with E-state index in [9.17, 15) is 9.90 Å². The first-order chi connectivity index (χ1) is 10.9. The fourth-order valence-electron chi connectivity index (χ4n) is 2.53. The standard InChI is InChI=1S/C17H23N3O3/c1-10(2)20(9-11(3)21)17(22)18-13-6-7-14-15(8-13)23-16(19-14)12-4-5-12/h6-8,10-12,21H,4-5,9H2,1-3H3,(H,18,22). The average molecular weight is 317 g/mol. The number of aliphatic hydroxyl groups is 1.